The Bertz CT molecular complexity index is 727. The van der Waals surface area contributed by atoms with Crippen LogP contribution in [0.2, 0.25) is 0 Å². The molecule has 0 aromatic carbocycles. The zero-order chi connectivity index (χ0) is 16.1. The molecule has 0 amide bonds. The summed E-state index contributed by atoms with van der Waals surface area (Å²) in [6, 6.07) is 0. The molecule has 118 valence electrons. The SMILES string of the molecule is C=Cc1cn(C2OC(CO)[C@@H](O)C2(C)O)c2ncnc(N)c12. The smallest absolute Gasteiger partial charge is 0.167 e. The van der Waals surface area contributed by atoms with Crippen molar-refractivity contribution < 1.29 is 20.1 Å². The molecule has 3 heterocycles. The van der Waals surface area contributed by atoms with Gasteiger partial charge in [-0.05, 0) is 6.92 Å². The molecule has 0 bridgehead atoms. The van der Waals surface area contributed by atoms with Crippen LogP contribution < -0.4 is 5.73 Å². The van der Waals surface area contributed by atoms with Gasteiger partial charge in [0.1, 0.15) is 35.6 Å². The van der Waals surface area contributed by atoms with E-state index in [1.54, 1.807) is 16.8 Å². The number of hydrogen-bond acceptors (Lipinski definition) is 7. The Hall–Kier alpha value is -2.00. The Morgan fingerprint density at radius 3 is 2.86 bits per heavy atom. The monoisotopic (exact) mass is 306 g/mol. The fourth-order valence-corrected chi connectivity index (χ4v) is 2.86. The molecule has 3 unspecified atom stereocenters. The van der Waals surface area contributed by atoms with Gasteiger partial charge in [-0.3, -0.25) is 0 Å². The highest BCUT2D eigenvalue weighted by atomic mass is 16.6. The summed E-state index contributed by atoms with van der Waals surface area (Å²) in [6.07, 6.45) is 1.54. The van der Waals surface area contributed by atoms with E-state index in [-0.39, 0.29) is 5.82 Å². The number of rotatable bonds is 3. The summed E-state index contributed by atoms with van der Waals surface area (Å²) in [5, 5.41) is 30.6. The predicted octanol–water partition coefficient (Wildman–Crippen LogP) is -0.342. The van der Waals surface area contributed by atoms with E-state index in [1.807, 2.05) is 0 Å². The molecular formula is C14H18N4O4. The Kier molecular flexibility index (Phi) is 3.41. The highest BCUT2D eigenvalue weighted by Crippen LogP contribution is 2.40. The molecule has 5 N–H and O–H groups in total. The van der Waals surface area contributed by atoms with Crippen LogP contribution >= 0.6 is 0 Å². The van der Waals surface area contributed by atoms with Gasteiger partial charge in [-0.1, -0.05) is 12.7 Å². The predicted molar refractivity (Wildman–Crippen MR) is 79.7 cm³/mol. The van der Waals surface area contributed by atoms with E-state index < -0.39 is 30.6 Å². The summed E-state index contributed by atoms with van der Waals surface area (Å²) in [5.41, 5.74) is 5.43. The maximum Gasteiger partial charge on any atom is 0.167 e. The minimum absolute atomic E-state index is 0.288. The van der Waals surface area contributed by atoms with Crippen molar-refractivity contribution in [1.82, 2.24) is 14.5 Å². The quantitative estimate of drug-likeness (QED) is 0.611. The van der Waals surface area contributed by atoms with Crippen LogP contribution in [0.4, 0.5) is 5.82 Å². The highest BCUT2D eigenvalue weighted by molar-refractivity contribution is 5.94. The Balaban J connectivity index is 2.19. The van der Waals surface area contributed by atoms with Crippen LogP contribution in [0.25, 0.3) is 17.1 Å². The highest BCUT2D eigenvalue weighted by Gasteiger charge is 2.53. The minimum Gasteiger partial charge on any atom is -0.394 e. The van der Waals surface area contributed by atoms with Crippen molar-refractivity contribution in [3.63, 3.8) is 0 Å². The van der Waals surface area contributed by atoms with E-state index in [2.05, 4.69) is 16.5 Å². The van der Waals surface area contributed by atoms with Crippen LogP contribution in [0.15, 0.2) is 19.1 Å². The minimum atomic E-state index is -1.60. The lowest BCUT2D eigenvalue weighted by Gasteiger charge is -2.27. The van der Waals surface area contributed by atoms with Gasteiger partial charge in [0.2, 0.25) is 0 Å². The summed E-state index contributed by atoms with van der Waals surface area (Å²) in [5.74, 6) is 0.288. The third-order valence-corrected chi connectivity index (χ3v) is 4.08. The zero-order valence-electron chi connectivity index (χ0n) is 12.0. The molecule has 8 nitrogen and oxygen atoms in total. The standard InChI is InChI=1S/C14H18N4O4/c1-3-7-4-18(12-9(7)11(15)16-6-17-12)13-14(2,21)10(20)8(5-19)22-13/h3-4,6,8,10,13,19-21H,1,5H2,2H3,(H2,15,16,17)/t8?,10-,13?,14?/m1/s1. The number of aliphatic hydroxyl groups excluding tert-OH is 2. The lowest BCUT2D eigenvalue weighted by molar-refractivity contribution is -0.0948. The van der Waals surface area contributed by atoms with Crippen LogP contribution in [-0.4, -0.2) is 54.3 Å². The van der Waals surface area contributed by atoms with Crippen LogP contribution in [0.5, 0.6) is 0 Å². The molecule has 0 aliphatic carbocycles. The van der Waals surface area contributed by atoms with Crippen molar-refractivity contribution in [2.24, 2.45) is 0 Å². The zero-order valence-corrected chi connectivity index (χ0v) is 12.0. The van der Waals surface area contributed by atoms with Crippen LogP contribution in [0.1, 0.15) is 18.7 Å². The molecule has 2 aromatic heterocycles. The van der Waals surface area contributed by atoms with Gasteiger partial charge in [-0.2, -0.15) is 0 Å². The first-order chi connectivity index (χ1) is 10.4. The van der Waals surface area contributed by atoms with Gasteiger partial charge in [0.25, 0.3) is 0 Å². The van der Waals surface area contributed by atoms with Crippen molar-refractivity contribution in [3.05, 3.63) is 24.7 Å². The molecule has 0 radical (unpaired) electrons. The Labute approximate surface area is 126 Å². The van der Waals surface area contributed by atoms with Gasteiger partial charge in [-0.25, -0.2) is 9.97 Å². The number of aliphatic hydroxyl groups is 3. The van der Waals surface area contributed by atoms with E-state index >= 15 is 0 Å². The first-order valence-corrected chi connectivity index (χ1v) is 6.82. The summed E-state index contributed by atoms with van der Waals surface area (Å²) >= 11 is 0. The fourth-order valence-electron chi connectivity index (χ4n) is 2.86. The van der Waals surface area contributed by atoms with Gasteiger partial charge >= 0.3 is 0 Å². The molecule has 8 heteroatoms. The number of nitrogens with zero attached hydrogens (tertiary/aromatic N) is 3. The summed E-state index contributed by atoms with van der Waals surface area (Å²) < 4.78 is 7.18. The van der Waals surface area contributed by atoms with E-state index in [4.69, 9.17) is 10.5 Å². The van der Waals surface area contributed by atoms with Crippen LogP contribution in [0.3, 0.4) is 0 Å². The van der Waals surface area contributed by atoms with E-state index in [1.165, 1.54) is 13.3 Å². The third kappa shape index (κ3) is 1.92. The van der Waals surface area contributed by atoms with Gasteiger partial charge in [0.15, 0.2) is 6.23 Å². The number of fused-ring (bicyclic) bond motifs is 1. The van der Waals surface area contributed by atoms with Crippen molar-refractivity contribution in [3.8, 4) is 0 Å². The van der Waals surface area contributed by atoms with Crippen LogP contribution in [-0.2, 0) is 4.74 Å². The number of ether oxygens (including phenoxy) is 1. The maximum atomic E-state index is 10.6. The normalized spacial score (nSPS) is 31.7. The molecular weight excluding hydrogens is 288 g/mol. The van der Waals surface area contributed by atoms with E-state index in [9.17, 15) is 15.3 Å². The molecule has 1 aliphatic rings. The molecule has 1 saturated heterocycles. The third-order valence-electron chi connectivity index (χ3n) is 4.08. The lowest BCUT2D eigenvalue weighted by Crippen LogP contribution is -2.44. The van der Waals surface area contributed by atoms with Crippen molar-refractivity contribution in [2.45, 2.75) is 31.0 Å². The fraction of sp³-hybridized carbons (Fsp3) is 0.429. The van der Waals surface area contributed by atoms with Crippen molar-refractivity contribution in [1.29, 1.82) is 0 Å². The Morgan fingerprint density at radius 2 is 2.27 bits per heavy atom. The number of nitrogens with two attached hydrogens (primary N) is 1. The van der Waals surface area contributed by atoms with Crippen LogP contribution in [0, 0.1) is 0 Å². The van der Waals surface area contributed by atoms with Gasteiger partial charge in [0, 0.05) is 11.8 Å². The number of hydrogen-bond donors (Lipinski definition) is 4. The van der Waals surface area contributed by atoms with Gasteiger partial charge in [0.05, 0.1) is 12.0 Å². The average molecular weight is 306 g/mol. The second kappa shape index (κ2) is 5.03. The van der Waals surface area contributed by atoms with Crippen molar-refractivity contribution >= 4 is 22.9 Å². The first kappa shape index (κ1) is 14.9. The molecule has 0 spiro atoms. The summed E-state index contributed by atoms with van der Waals surface area (Å²) in [4.78, 5) is 8.14. The average Bonchev–Trinajstić information content (AvgIpc) is 2.97. The molecule has 4 atom stereocenters. The largest absolute Gasteiger partial charge is 0.394 e. The molecule has 3 rings (SSSR count). The van der Waals surface area contributed by atoms with Crippen molar-refractivity contribution in [2.75, 3.05) is 12.3 Å². The second-order valence-electron chi connectivity index (χ2n) is 5.53. The summed E-state index contributed by atoms with van der Waals surface area (Å²) in [7, 11) is 0. The lowest BCUT2D eigenvalue weighted by atomic mass is 9.96. The summed E-state index contributed by atoms with van der Waals surface area (Å²) in [6.45, 7) is 4.77. The first-order valence-electron chi connectivity index (χ1n) is 6.82. The molecule has 1 fully saturated rings. The Morgan fingerprint density at radius 1 is 1.55 bits per heavy atom. The molecule has 2 aromatic rings. The number of anilines is 1. The molecule has 1 aliphatic heterocycles. The number of nitrogen functional groups attached to an aromatic ring is 1. The second-order valence-corrected chi connectivity index (χ2v) is 5.53. The van der Waals surface area contributed by atoms with Gasteiger partial charge < -0.3 is 30.4 Å². The maximum absolute atomic E-state index is 10.6. The molecule has 22 heavy (non-hydrogen) atoms. The van der Waals surface area contributed by atoms with E-state index in [0.29, 0.717) is 16.6 Å². The van der Waals surface area contributed by atoms with Gasteiger partial charge in [-0.15, -0.1) is 0 Å². The van der Waals surface area contributed by atoms with E-state index in [0.717, 1.165) is 0 Å². The topological polar surface area (TPSA) is 127 Å². The molecule has 0 saturated carbocycles. The number of aromatic nitrogens is 3.